The van der Waals surface area contributed by atoms with Crippen molar-refractivity contribution in [2.24, 2.45) is 0 Å². The standard InChI is InChI=1S/C20H19FN2OS/c1-13-4-2-3-11-23(13)20(24)15-7-5-14(6-8-15)19-22-17-10-9-16(21)12-18(17)25-19/h5-10,12-13H,2-4,11H2,1H3/t13-/m1/s1. The van der Waals surface area contributed by atoms with Crippen molar-refractivity contribution in [3.8, 4) is 10.6 Å². The summed E-state index contributed by atoms with van der Waals surface area (Å²) in [5, 5.41) is 0.839. The van der Waals surface area contributed by atoms with Crippen LogP contribution in [0.2, 0.25) is 0 Å². The summed E-state index contributed by atoms with van der Waals surface area (Å²) in [6.45, 7) is 2.96. The van der Waals surface area contributed by atoms with Crippen molar-refractivity contribution in [1.82, 2.24) is 9.88 Å². The number of nitrogens with zero attached hydrogens (tertiary/aromatic N) is 2. The highest BCUT2D eigenvalue weighted by molar-refractivity contribution is 7.21. The predicted molar refractivity (Wildman–Crippen MR) is 99.4 cm³/mol. The molecule has 1 aliphatic rings. The van der Waals surface area contributed by atoms with Crippen LogP contribution in [0.25, 0.3) is 20.8 Å². The maximum atomic E-state index is 13.3. The van der Waals surface area contributed by atoms with Gasteiger partial charge in [-0.3, -0.25) is 4.79 Å². The van der Waals surface area contributed by atoms with Gasteiger partial charge in [0.05, 0.1) is 10.2 Å². The molecule has 0 N–H and O–H groups in total. The van der Waals surface area contributed by atoms with Crippen LogP contribution in [0.4, 0.5) is 4.39 Å². The Bertz CT molecular complexity index is 919. The van der Waals surface area contributed by atoms with Crippen LogP contribution < -0.4 is 0 Å². The van der Waals surface area contributed by atoms with Crippen molar-refractivity contribution in [3.63, 3.8) is 0 Å². The monoisotopic (exact) mass is 354 g/mol. The van der Waals surface area contributed by atoms with Crippen LogP contribution in [-0.4, -0.2) is 28.4 Å². The highest BCUT2D eigenvalue weighted by Crippen LogP contribution is 2.31. The fourth-order valence-corrected chi connectivity index (χ4v) is 4.34. The minimum absolute atomic E-state index is 0.102. The first-order valence-corrected chi connectivity index (χ1v) is 9.41. The molecule has 128 valence electrons. The van der Waals surface area contributed by atoms with Crippen LogP contribution in [0, 0.1) is 5.82 Å². The Kier molecular flexibility index (Phi) is 4.25. The quantitative estimate of drug-likeness (QED) is 0.640. The number of piperidine rings is 1. The smallest absolute Gasteiger partial charge is 0.254 e. The number of carbonyl (C=O) groups is 1. The summed E-state index contributed by atoms with van der Waals surface area (Å²) in [5.41, 5.74) is 2.46. The van der Waals surface area contributed by atoms with Crippen molar-refractivity contribution in [3.05, 3.63) is 53.8 Å². The van der Waals surface area contributed by atoms with Gasteiger partial charge in [-0.25, -0.2) is 9.37 Å². The van der Waals surface area contributed by atoms with E-state index in [-0.39, 0.29) is 11.7 Å². The average molecular weight is 354 g/mol. The molecule has 3 nitrogen and oxygen atoms in total. The lowest BCUT2D eigenvalue weighted by Gasteiger charge is -2.33. The molecule has 2 aromatic carbocycles. The van der Waals surface area contributed by atoms with Gasteiger partial charge >= 0.3 is 0 Å². The fraction of sp³-hybridized carbons (Fsp3) is 0.300. The van der Waals surface area contributed by atoms with E-state index in [1.807, 2.05) is 29.2 Å². The van der Waals surface area contributed by atoms with Crippen LogP contribution in [0.5, 0.6) is 0 Å². The van der Waals surface area contributed by atoms with E-state index >= 15 is 0 Å². The summed E-state index contributed by atoms with van der Waals surface area (Å²) < 4.78 is 14.2. The highest BCUT2D eigenvalue weighted by atomic mass is 32.1. The van der Waals surface area contributed by atoms with Gasteiger partial charge in [0.2, 0.25) is 0 Å². The largest absolute Gasteiger partial charge is 0.336 e. The number of benzene rings is 2. The Morgan fingerprint density at radius 1 is 1.20 bits per heavy atom. The second-order valence-electron chi connectivity index (χ2n) is 6.55. The Morgan fingerprint density at radius 2 is 2.00 bits per heavy atom. The number of amides is 1. The first-order chi connectivity index (χ1) is 12.1. The number of halogens is 1. The number of hydrogen-bond donors (Lipinski definition) is 0. The van der Waals surface area contributed by atoms with Crippen molar-refractivity contribution in [2.75, 3.05) is 6.54 Å². The fourth-order valence-electron chi connectivity index (χ4n) is 3.34. The molecule has 1 amide bonds. The lowest BCUT2D eigenvalue weighted by Crippen LogP contribution is -2.41. The molecule has 5 heteroatoms. The topological polar surface area (TPSA) is 33.2 Å². The Labute approximate surface area is 150 Å². The van der Waals surface area contributed by atoms with Crippen LogP contribution in [0.3, 0.4) is 0 Å². The average Bonchev–Trinajstić information content (AvgIpc) is 3.05. The number of aromatic nitrogens is 1. The summed E-state index contributed by atoms with van der Waals surface area (Å²) in [4.78, 5) is 19.2. The Balaban J connectivity index is 1.59. The molecule has 25 heavy (non-hydrogen) atoms. The van der Waals surface area contributed by atoms with Gasteiger partial charge in [0, 0.05) is 23.7 Å². The normalized spacial score (nSPS) is 17.8. The summed E-state index contributed by atoms with van der Waals surface area (Å²) in [6.07, 6.45) is 3.35. The molecular weight excluding hydrogens is 335 g/mol. The minimum Gasteiger partial charge on any atom is -0.336 e. The summed E-state index contributed by atoms with van der Waals surface area (Å²) in [6, 6.07) is 12.5. The van der Waals surface area contributed by atoms with Gasteiger partial charge in [-0.1, -0.05) is 12.1 Å². The maximum absolute atomic E-state index is 13.3. The lowest BCUT2D eigenvalue weighted by atomic mass is 10.0. The van der Waals surface area contributed by atoms with E-state index in [9.17, 15) is 9.18 Å². The van der Waals surface area contributed by atoms with Gasteiger partial charge in [0.25, 0.3) is 5.91 Å². The molecule has 1 atom stereocenters. The summed E-state index contributed by atoms with van der Waals surface area (Å²) >= 11 is 1.46. The van der Waals surface area contributed by atoms with Gasteiger partial charge in [0.1, 0.15) is 10.8 Å². The lowest BCUT2D eigenvalue weighted by molar-refractivity contribution is 0.0635. The minimum atomic E-state index is -0.251. The number of rotatable bonds is 2. The molecule has 1 aromatic heterocycles. The first kappa shape index (κ1) is 16.2. The number of fused-ring (bicyclic) bond motifs is 1. The number of carbonyl (C=O) groups excluding carboxylic acids is 1. The number of likely N-dealkylation sites (tertiary alicyclic amines) is 1. The van der Waals surface area contributed by atoms with Crippen LogP contribution >= 0.6 is 11.3 Å². The number of hydrogen-bond acceptors (Lipinski definition) is 3. The molecule has 1 fully saturated rings. The van der Waals surface area contributed by atoms with Gasteiger partial charge < -0.3 is 4.90 Å². The second kappa shape index (κ2) is 6.56. The van der Waals surface area contributed by atoms with E-state index in [0.29, 0.717) is 11.6 Å². The molecule has 0 spiro atoms. The van der Waals surface area contributed by atoms with E-state index in [4.69, 9.17) is 0 Å². The third-order valence-electron chi connectivity index (χ3n) is 4.79. The molecule has 0 radical (unpaired) electrons. The van der Waals surface area contributed by atoms with E-state index < -0.39 is 0 Å². The second-order valence-corrected chi connectivity index (χ2v) is 7.58. The third kappa shape index (κ3) is 3.16. The van der Waals surface area contributed by atoms with E-state index in [2.05, 4.69) is 11.9 Å². The summed E-state index contributed by atoms with van der Waals surface area (Å²) in [7, 11) is 0. The highest BCUT2D eigenvalue weighted by Gasteiger charge is 2.24. The molecule has 2 heterocycles. The Hall–Kier alpha value is -2.27. The van der Waals surface area contributed by atoms with Gasteiger partial charge in [0.15, 0.2) is 0 Å². The molecule has 1 saturated heterocycles. The SMILES string of the molecule is C[C@@H]1CCCCN1C(=O)c1ccc(-c2nc3ccc(F)cc3s2)cc1. The third-order valence-corrected chi connectivity index (χ3v) is 5.86. The molecule has 0 saturated carbocycles. The summed E-state index contributed by atoms with van der Waals surface area (Å²) in [5.74, 6) is -0.149. The number of thiazole rings is 1. The molecule has 0 bridgehead atoms. The predicted octanol–water partition coefficient (Wildman–Crippen LogP) is 5.12. The zero-order valence-corrected chi connectivity index (χ0v) is 14.9. The zero-order valence-electron chi connectivity index (χ0n) is 14.0. The first-order valence-electron chi connectivity index (χ1n) is 8.59. The van der Waals surface area contributed by atoms with E-state index in [0.717, 1.165) is 40.2 Å². The van der Waals surface area contributed by atoms with Gasteiger partial charge in [-0.05, 0) is 56.5 Å². The van der Waals surface area contributed by atoms with Crippen LogP contribution in [-0.2, 0) is 0 Å². The van der Waals surface area contributed by atoms with E-state index in [1.165, 1.54) is 29.9 Å². The molecule has 0 unspecified atom stereocenters. The van der Waals surface area contributed by atoms with Gasteiger partial charge in [-0.2, -0.15) is 0 Å². The molecule has 3 aromatic rings. The van der Waals surface area contributed by atoms with E-state index in [1.54, 1.807) is 6.07 Å². The van der Waals surface area contributed by atoms with Crippen molar-refractivity contribution < 1.29 is 9.18 Å². The maximum Gasteiger partial charge on any atom is 0.254 e. The molecular formula is C20H19FN2OS. The zero-order chi connectivity index (χ0) is 17.4. The van der Waals surface area contributed by atoms with Crippen LogP contribution in [0.15, 0.2) is 42.5 Å². The Morgan fingerprint density at radius 3 is 2.76 bits per heavy atom. The molecule has 0 aliphatic carbocycles. The molecule has 4 rings (SSSR count). The van der Waals surface area contributed by atoms with Crippen molar-refractivity contribution in [1.29, 1.82) is 0 Å². The van der Waals surface area contributed by atoms with Crippen LogP contribution in [0.1, 0.15) is 36.5 Å². The molecule has 1 aliphatic heterocycles. The van der Waals surface area contributed by atoms with Crippen molar-refractivity contribution in [2.45, 2.75) is 32.2 Å². The van der Waals surface area contributed by atoms with Gasteiger partial charge in [-0.15, -0.1) is 11.3 Å². The van der Waals surface area contributed by atoms with Crippen molar-refractivity contribution >= 4 is 27.5 Å².